The average Bonchev–Trinajstić information content (AvgIpc) is 3.26. The summed E-state index contributed by atoms with van der Waals surface area (Å²) in [6, 6.07) is 13.5. The standard InChI is InChI=1S/C22H25N3O4/c1-2-20(26)24-16-11-9-15(10-12-16)21(27)25-19-8-4-3-7-18(19)22(28)23-14-17-6-5-13-29-17/h3-4,7-12,17H,2,5-6,13-14H2,1H3,(H,23,28)(H,24,26)(H,25,27). The minimum Gasteiger partial charge on any atom is -0.376 e. The Bertz CT molecular complexity index is 874. The van der Waals surface area contributed by atoms with Crippen LogP contribution in [0.15, 0.2) is 48.5 Å². The predicted molar refractivity (Wildman–Crippen MR) is 111 cm³/mol. The monoisotopic (exact) mass is 395 g/mol. The highest BCUT2D eigenvalue weighted by Gasteiger charge is 2.18. The van der Waals surface area contributed by atoms with Crippen molar-refractivity contribution in [2.45, 2.75) is 32.3 Å². The van der Waals surface area contributed by atoms with Crippen molar-refractivity contribution >= 4 is 29.1 Å². The summed E-state index contributed by atoms with van der Waals surface area (Å²) >= 11 is 0. The second kappa shape index (κ2) is 9.84. The van der Waals surface area contributed by atoms with E-state index in [0.717, 1.165) is 19.4 Å². The minimum absolute atomic E-state index is 0.0485. The minimum atomic E-state index is -0.335. The Morgan fingerprint density at radius 2 is 1.76 bits per heavy atom. The Hall–Kier alpha value is -3.19. The van der Waals surface area contributed by atoms with Gasteiger partial charge in [0.05, 0.1) is 17.4 Å². The van der Waals surface area contributed by atoms with Crippen molar-refractivity contribution < 1.29 is 19.1 Å². The van der Waals surface area contributed by atoms with Crippen LogP contribution >= 0.6 is 0 Å². The lowest BCUT2D eigenvalue weighted by atomic mass is 10.1. The van der Waals surface area contributed by atoms with E-state index in [-0.39, 0.29) is 23.8 Å². The first-order chi connectivity index (χ1) is 14.1. The molecule has 1 aliphatic heterocycles. The first-order valence-electron chi connectivity index (χ1n) is 9.77. The average molecular weight is 395 g/mol. The zero-order valence-corrected chi connectivity index (χ0v) is 16.4. The van der Waals surface area contributed by atoms with Crippen molar-refractivity contribution in [3.8, 4) is 0 Å². The normalized spacial score (nSPS) is 15.6. The maximum atomic E-state index is 12.6. The van der Waals surface area contributed by atoms with Crippen LogP contribution in [0.25, 0.3) is 0 Å². The van der Waals surface area contributed by atoms with E-state index in [0.29, 0.717) is 35.5 Å². The molecule has 0 aromatic heterocycles. The molecule has 1 fully saturated rings. The lowest BCUT2D eigenvalue weighted by Crippen LogP contribution is -2.32. The number of carbonyl (C=O) groups is 3. The second-order valence-electron chi connectivity index (χ2n) is 6.82. The van der Waals surface area contributed by atoms with Crippen LogP contribution < -0.4 is 16.0 Å². The van der Waals surface area contributed by atoms with E-state index >= 15 is 0 Å². The van der Waals surface area contributed by atoms with Gasteiger partial charge in [0.2, 0.25) is 5.91 Å². The summed E-state index contributed by atoms with van der Waals surface area (Å²) in [5.41, 5.74) is 1.88. The molecule has 152 valence electrons. The number of nitrogens with one attached hydrogen (secondary N) is 3. The molecule has 0 bridgehead atoms. The van der Waals surface area contributed by atoms with Crippen LogP contribution in [-0.2, 0) is 9.53 Å². The number of hydrogen-bond acceptors (Lipinski definition) is 4. The van der Waals surface area contributed by atoms with Crippen LogP contribution in [0.1, 0.15) is 46.9 Å². The molecule has 29 heavy (non-hydrogen) atoms. The van der Waals surface area contributed by atoms with E-state index in [1.165, 1.54) is 0 Å². The Morgan fingerprint density at radius 3 is 2.45 bits per heavy atom. The van der Waals surface area contributed by atoms with Gasteiger partial charge in [-0.2, -0.15) is 0 Å². The zero-order valence-electron chi connectivity index (χ0n) is 16.4. The molecule has 1 heterocycles. The van der Waals surface area contributed by atoms with E-state index in [9.17, 15) is 14.4 Å². The van der Waals surface area contributed by atoms with Crippen LogP contribution in [0.2, 0.25) is 0 Å². The molecule has 0 spiro atoms. The van der Waals surface area contributed by atoms with E-state index in [1.807, 2.05) is 0 Å². The van der Waals surface area contributed by atoms with Crippen molar-refractivity contribution in [3.05, 3.63) is 59.7 Å². The molecule has 7 nitrogen and oxygen atoms in total. The van der Waals surface area contributed by atoms with Crippen molar-refractivity contribution in [2.75, 3.05) is 23.8 Å². The number of amides is 3. The molecule has 1 aliphatic rings. The molecule has 3 rings (SSSR count). The summed E-state index contributed by atoms with van der Waals surface area (Å²) in [5, 5.41) is 8.39. The van der Waals surface area contributed by atoms with Crippen LogP contribution in [0.4, 0.5) is 11.4 Å². The highest BCUT2D eigenvalue weighted by Crippen LogP contribution is 2.18. The van der Waals surface area contributed by atoms with Crippen LogP contribution in [0.3, 0.4) is 0 Å². The first kappa shape index (κ1) is 20.5. The third-order valence-electron chi connectivity index (χ3n) is 4.69. The fourth-order valence-electron chi connectivity index (χ4n) is 3.05. The molecule has 2 aromatic rings. The number of anilines is 2. The van der Waals surface area contributed by atoms with Gasteiger partial charge in [0.15, 0.2) is 0 Å². The van der Waals surface area contributed by atoms with Gasteiger partial charge in [0.25, 0.3) is 11.8 Å². The molecule has 1 unspecified atom stereocenters. The summed E-state index contributed by atoms with van der Waals surface area (Å²) in [6.45, 7) is 2.95. The van der Waals surface area contributed by atoms with Crippen LogP contribution in [0, 0.1) is 0 Å². The Labute approximate surface area is 169 Å². The van der Waals surface area contributed by atoms with Gasteiger partial charge in [0, 0.05) is 30.8 Å². The molecule has 3 amide bonds. The lowest BCUT2D eigenvalue weighted by molar-refractivity contribution is -0.115. The highest BCUT2D eigenvalue weighted by molar-refractivity contribution is 6.09. The van der Waals surface area contributed by atoms with Crippen molar-refractivity contribution in [3.63, 3.8) is 0 Å². The number of para-hydroxylation sites is 1. The molecule has 0 radical (unpaired) electrons. The van der Waals surface area contributed by atoms with Gasteiger partial charge in [-0.1, -0.05) is 19.1 Å². The summed E-state index contributed by atoms with van der Waals surface area (Å²) in [7, 11) is 0. The number of hydrogen-bond donors (Lipinski definition) is 3. The maximum absolute atomic E-state index is 12.6. The number of rotatable bonds is 7. The van der Waals surface area contributed by atoms with E-state index in [1.54, 1.807) is 55.5 Å². The Kier molecular flexibility index (Phi) is 6.97. The first-order valence-corrected chi connectivity index (χ1v) is 9.77. The molecule has 1 saturated heterocycles. The van der Waals surface area contributed by atoms with Crippen LogP contribution in [0.5, 0.6) is 0 Å². The van der Waals surface area contributed by atoms with Crippen molar-refractivity contribution in [1.82, 2.24) is 5.32 Å². The molecule has 2 aromatic carbocycles. The van der Waals surface area contributed by atoms with E-state index < -0.39 is 0 Å². The fourth-order valence-corrected chi connectivity index (χ4v) is 3.05. The third kappa shape index (κ3) is 5.65. The summed E-state index contributed by atoms with van der Waals surface area (Å²) < 4.78 is 5.52. The SMILES string of the molecule is CCC(=O)Nc1ccc(C(=O)Nc2ccccc2C(=O)NCC2CCCO2)cc1. The van der Waals surface area contributed by atoms with Crippen molar-refractivity contribution in [2.24, 2.45) is 0 Å². The Morgan fingerprint density at radius 1 is 1.00 bits per heavy atom. The number of carbonyl (C=O) groups excluding carboxylic acids is 3. The largest absolute Gasteiger partial charge is 0.376 e. The number of benzene rings is 2. The van der Waals surface area contributed by atoms with E-state index in [2.05, 4.69) is 16.0 Å². The molecule has 0 saturated carbocycles. The molecular weight excluding hydrogens is 370 g/mol. The van der Waals surface area contributed by atoms with Gasteiger partial charge >= 0.3 is 0 Å². The summed E-state index contributed by atoms with van der Waals surface area (Å²) in [6.07, 6.45) is 2.38. The second-order valence-corrected chi connectivity index (χ2v) is 6.82. The molecule has 3 N–H and O–H groups in total. The van der Waals surface area contributed by atoms with Gasteiger partial charge in [-0.15, -0.1) is 0 Å². The molecule has 0 aliphatic carbocycles. The fraction of sp³-hybridized carbons (Fsp3) is 0.318. The van der Waals surface area contributed by atoms with Crippen molar-refractivity contribution in [1.29, 1.82) is 0 Å². The summed E-state index contributed by atoms with van der Waals surface area (Å²) in [5.74, 6) is -0.683. The zero-order chi connectivity index (χ0) is 20.6. The third-order valence-corrected chi connectivity index (χ3v) is 4.69. The van der Waals surface area contributed by atoms with Crippen LogP contribution in [-0.4, -0.2) is 37.0 Å². The molecule has 1 atom stereocenters. The highest BCUT2D eigenvalue weighted by atomic mass is 16.5. The molecular formula is C22H25N3O4. The number of ether oxygens (including phenoxy) is 1. The topological polar surface area (TPSA) is 96.5 Å². The summed E-state index contributed by atoms with van der Waals surface area (Å²) in [4.78, 5) is 36.6. The maximum Gasteiger partial charge on any atom is 0.255 e. The molecule has 7 heteroatoms. The van der Waals surface area contributed by atoms with Gasteiger partial charge in [-0.25, -0.2) is 0 Å². The van der Waals surface area contributed by atoms with E-state index in [4.69, 9.17) is 4.74 Å². The van der Waals surface area contributed by atoms with Gasteiger partial charge in [0.1, 0.15) is 0 Å². The van der Waals surface area contributed by atoms with Gasteiger partial charge in [-0.05, 0) is 49.2 Å². The quantitative estimate of drug-likeness (QED) is 0.671. The van der Waals surface area contributed by atoms with Gasteiger partial charge in [-0.3, -0.25) is 14.4 Å². The van der Waals surface area contributed by atoms with Gasteiger partial charge < -0.3 is 20.7 Å². The lowest BCUT2D eigenvalue weighted by Gasteiger charge is -2.14. The smallest absolute Gasteiger partial charge is 0.255 e. The Balaban J connectivity index is 1.64. The predicted octanol–water partition coefficient (Wildman–Crippen LogP) is 3.20.